The van der Waals surface area contributed by atoms with Crippen LogP contribution in [0.2, 0.25) is 0 Å². The molecule has 164 valence electrons. The van der Waals surface area contributed by atoms with Crippen LogP contribution >= 0.6 is 0 Å². The summed E-state index contributed by atoms with van der Waals surface area (Å²) in [5, 5.41) is 33.7. The van der Waals surface area contributed by atoms with E-state index in [0.717, 1.165) is 28.7 Å². The van der Waals surface area contributed by atoms with Crippen LogP contribution < -0.4 is 4.90 Å². The van der Waals surface area contributed by atoms with Gasteiger partial charge >= 0.3 is 0 Å². The molecule has 1 saturated heterocycles. The molecule has 4 aromatic rings. The van der Waals surface area contributed by atoms with E-state index in [9.17, 15) is 15.6 Å². The molecular weight excluding hydrogens is 420 g/mol. The minimum atomic E-state index is -0.266. The summed E-state index contributed by atoms with van der Waals surface area (Å²) in [5.41, 5.74) is 2.96. The van der Waals surface area contributed by atoms with Crippen molar-refractivity contribution in [3.05, 3.63) is 48.6 Å². The van der Waals surface area contributed by atoms with Gasteiger partial charge in [-0.3, -0.25) is 4.68 Å². The highest BCUT2D eigenvalue weighted by atomic mass is 16.3. The second kappa shape index (κ2) is 8.65. The van der Waals surface area contributed by atoms with E-state index >= 15 is 0 Å². The fraction of sp³-hybridized carbons (Fsp3) is 0.318. The molecule has 2 atom stereocenters. The van der Waals surface area contributed by atoms with E-state index in [4.69, 9.17) is 0 Å². The Bertz CT molecular complexity index is 1380. The third kappa shape index (κ3) is 3.75. The first-order valence-corrected chi connectivity index (χ1v) is 10.5. The van der Waals surface area contributed by atoms with Crippen LogP contribution in [0.15, 0.2) is 37.2 Å². The van der Waals surface area contributed by atoms with Crippen LogP contribution in [0.1, 0.15) is 30.3 Å². The maximum Gasteiger partial charge on any atom is 0.183 e. The lowest BCUT2D eigenvalue weighted by Crippen LogP contribution is -2.26. The summed E-state index contributed by atoms with van der Waals surface area (Å²) in [7, 11) is 0. The predicted molar refractivity (Wildman–Crippen MR) is 117 cm³/mol. The molecule has 33 heavy (non-hydrogen) atoms. The van der Waals surface area contributed by atoms with Crippen LogP contribution in [-0.4, -0.2) is 52.9 Å². The van der Waals surface area contributed by atoms with Crippen molar-refractivity contribution in [2.24, 2.45) is 5.92 Å². The average molecular weight is 440 g/mol. The number of rotatable bonds is 6. The fourth-order valence-corrected chi connectivity index (χ4v) is 4.41. The smallest absolute Gasteiger partial charge is 0.183 e. The van der Waals surface area contributed by atoms with Crippen LogP contribution in [0.4, 0.5) is 5.82 Å². The van der Waals surface area contributed by atoms with E-state index < -0.39 is 0 Å². The largest absolute Gasteiger partial charge is 0.390 e. The molecule has 5 rings (SSSR count). The van der Waals surface area contributed by atoms with Gasteiger partial charge in [0.1, 0.15) is 18.0 Å². The molecule has 0 bridgehead atoms. The molecule has 1 aliphatic rings. The molecule has 4 aromatic heterocycles. The molecule has 2 N–H and O–H groups in total. The first-order chi connectivity index (χ1) is 16.2. The van der Waals surface area contributed by atoms with Gasteiger partial charge in [-0.1, -0.05) is 0 Å². The third-order valence-corrected chi connectivity index (χ3v) is 6.01. The van der Waals surface area contributed by atoms with Gasteiger partial charge in [-0.25, -0.2) is 19.9 Å². The lowest BCUT2D eigenvalue weighted by Gasteiger charge is -2.23. The van der Waals surface area contributed by atoms with Crippen LogP contribution in [0.25, 0.3) is 22.3 Å². The molecule has 0 unspecified atom stereocenters. The van der Waals surface area contributed by atoms with Crippen molar-refractivity contribution in [1.82, 2.24) is 34.7 Å². The van der Waals surface area contributed by atoms with Gasteiger partial charge in [0.05, 0.1) is 48.9 Å². The monoisotopic (exact) mass is 440 g/mol. The highest BCUT2D eigenvalue weighted by Crippen LogP contribution is 2.34. The SMILES string of the molecule is N#CC[C@@H]([C@H]1CCN(c2ncc(CO)nc2C#N)C1)n1cc(-c2ncnc3[nH]ccc23)cn1. The summed E-state index contributed by atoms with van der Waals surface area (Å²) in [5.74, 6) is 0.644. The zero-order valence-corrected chi connectivity index (χ0v) is 17.6. The lowest BCUT2D eigenvalue weighted by atomic mass is 9.96. The van der Waals surface area contributed by atoms with E-state index in [2.05, 4.69) is 42.2 Å². The van der Waals surface area contributed by atoms with Gasteiger partial charge in [0, 0.05) is 42.4 Å². The fourth-order valence-electron chi connectivity index (χ4n) is 4.41. The number of fused-ring (bicyclic) bond motifs is 1. The molecule has 0 aromatic carbocycles. The Labute approximate surface area is 189 Å². The Hall–Kier alpha value is -4.35. The number of nitrogens with zero attached hydrogens (tertiary/aromatic N) is 9. The number of H-pyrrole nitrogens is 1. The van der Waals surface area contributed by atoms with Gasteiger partial charge in [-0.2, -0.15) is 15.6 Å². The Morgan fingerprint density at radius 1 is 1.24 bits per heavy atom. The van der Waals surface area contributed by atoms with E-state index in [1.807, 2.05) is 28.0 Å². The van der Waals surface area contributed by atoms with Gasteiger partial charge in [-0.15, -0.1) is 0 Å². The summed E-state index contributed by atoms with van der Waals surface area (Å²) in [4.78, 5) is 22.3. The molecule has 5 heterocycles. The van der Waals surface area contributed by atoms with Gasteiger partial charge < -0.3 is 15.0 Å². The summed E-state index contributed by atoms with van der Waals surface area (Å²) in [6.45, 7) is 1.05. The van der Waals surface area contributed by atoms with Crippen molar-refractivity contribution < 1.29 is 5.11 Å². The zero-order valence-electron chi connectivity index (χ0n) is 17.6. The first-order valence-electron chi connectivity index (χ1n) is 10.5. The van der Waals surface area contributed by atoms with Crippen molar-refractivity contribution in [3.63, 3.8) is 0 Å². The second-order valence-corrected chi connectivity index (χ2v) is 7.90. The van der Waals surface area contributed by atoms with Crippen LogP contribution in [0, 0.1) is 28.6 Å². The van der Waals surface area contributed by atoms with Crippen molar-refractivity contribution in [1.29, 1.82) is 10.5 Å². The molecule has 0 radical (unpaired) electrons. The summed E-state index contributed by atoms with van der Waals surface area (Å²) < 4.78 is 1.85. The Morgan fingerprint density at radius 3 is 2.97 bits per heavy atom. The minimum absolute atomic E-state index is 0.132. The third-order valence-electron chi connectivity index (χ3n) is 6.01. The van der Waals surface area contributed by atoms with Gasteiger partial charge in [0.2, 0.25) is 0 Å². The predicted octanol–water partition coefficient (Wildman–Crippen LogP) is 1.96. The van der Waals surface area contributed by atoms with Crippen molar-refractivity contribution in [3.8, 4) is 23.4 Å². The molecule has 0 amide bonds. The quantitative estimate of drug-likeness (QED) is 0.457. The second-order valence-electron chi connectivity index (χ2n) is 7.90. The van der Waals surface area contributed by atoms with E-state index in [0.29, 0.717) is 31.0 Å². The van der Waals surface area contributed by atoms with Gasteiger partial charge in [0.15, 0.2) is 11.5 Å². The summed E-state index contributed by atoms with van der Waals surface area (Å²) >= 11 is 0. The zero-order chi connectivity index (χ0) is 22.8. The maximum atomic E-state index is 9.50. The molecular formula is C22H20N10O. The molecule has 0 aliphatic carbocycles. The molecule has 0 saturated carbocycles. The number of nitrogens with one attached hydrogen (secondary N) is 1. The number of aromatic amines is 1. The molecule has 11 nitrogen and oxygen atoms in total. The Kier molecular flexibility index (Phi) is 5.39. The number of aliphatic hydroxyl groups is 1. The minimum Gasteiger partial charge on any atom is -0.390 e. The number of hydrogen-bond acceptors (Lipinski definition) is 9. The van der Waals surface area contributed by atoms with Crippen LogP contribution in [0.5, 0.6) is 0 Å². The Morgan fingerprint density at radius 2 is 2.15 bits per heavy atom. The number of aromatic nitrogens is 7. The highest BCUT2D eigenvalue weighted by Gasteiger charge is 2.33. The highest BCUT2D eigenvalue weighted by molar-refractivity contribution is 5.89. The number of anilines is 1. The standard InChI is InChI=1S/C22H20N10O/c23-4-1-19(14-3-6-31(10-14)22-18(7-24)30-16(12-33)9-26-22)32-11-15(8-29-32)20-17-2-5-25-21(17)28-13-27-20/h2,5,8-9,11,13-14,19,33H,1,3,6,10,12H2,(H,25,27,28)/t14-,19-/m0/s1. The van der Waals surface area contributed by atoms with Crippen molar-refractivity contribution in [2.45, 2.75) is 25.5 Å². The Balaban J connectivity index is 1.40. The van der Waals surface area contributed by atoms with Crippen molar-refractivity contribution >= 4 is 16.9 Å². The normalized spacial score (nSPS) is 16.6. The summed E-state index contributed by atoms with van der Waals surface area (Å²) in [6.07, 6.45) is 9.65. The van der Waals surface area contributed by atoms with Crippen LogP contribution in [-0.2, 0) is 6.61 Å². The van der Waals surface area contributed by atoms with E-state index in [1.165, 1.54) is 12.5 Å². The van der Waals surface area contributed by atoms with E-state index in [-0.39, 0.29) is 24.3 Å². The van der Waals surface area contributed by atoms with Gasteiger partial charge in [-0.05, 0) is 12.5 Å². The molecule has 1 fully saturated rings. The topological polar surface area (TPSA) is 156 Å². The maximum absolute atomic E-state index is 9.50. The molecule has 1 aliphatic heterocycles. The van der Waals surface area contributed by atoms with Crippen molar-refractivity contribution in [2.75, 3.05) is 18.0 Å². The number of hydrogen-bond donors (Lipinski definition) is 2. The van der Waals surface area contributed by atoms with Gasteiger partial charge in [0.25, 0.3) is 0 Å². The first kappa shape index (κ1) is 20.5. The molecule has 0 spiro atoms. The number of nitriles is 2. The molecule has 11 heteroatoms. The van der Waals surface area contributed by atoms with E-state index in [1.54, 1.807) is 6.20 Å². The average Bonchev–Trinajstić information content (AvgIpc) is 3.62. The summed E-state index contributed by atoms with van der Waals surface area (Å²) in [6, 6.07) is 6.16. The lowest BCUT2D eigenvalue weighted by molar-refractivity contribution is 0.276. The van der Waals surface area contributed by atoms with Crippen LogP contribution in [0.3, 0.4) is 0 Å². The number of aliphatic hydroxyl groups excluding tert-OH is 1.